The number of ether oxygens (including phenoxy) is 3. The largest absolute Gasteiger partial charge is 0.493 e. The quantitative estimate of drug-likeness (QED) is 0.276. The molecule has 3 aromatic rings. The number of hydrogen-bond donors (Lipinski definition) is 0. The summed E-state index contributed by atoms with van der Waals surface area (Å²) in [5.41, 5.74) is 5.98. The zero-order valence-electron chi connectivity index (χ0n) is 24.0. The lowest BCUT2D eigenvalue weighted by molar-refractivity contribution is -0.146. The number of rotatable bonds is 8. The molecule has 0 aromatic heterocycles. The molecule has 2 aliphatic rings. The van der Waals surface area contributed by atoms with Crippen molar-refractivity contribution in [2.24, 2.45) is 0 Å². The van der Waals surface area contributed by atoms with Crippen molar-refractivity contribution in [2.75, 3.05) is 32.2 Å². The first-order valence-corrected chi connectivity index (χ1v) is 14.5. The van der Waals surface area contributed by atoms with Gasteiger partial charge in [0.1, 0.15) is 6.04 Å². The number of nitrogens with zero attached hydrogens (tertiary/aromatic N) is 2. The van der Waals surface area contributed by atoms with E-state index in [1.165, 1.54) is 29.4 Å². The summed E-state index contributed by atoms with van der Waals surface area (Å²) < 4.78 is 16.9. The minimum absolute atomic E-state index is 0.00741. The van der Waals surface area contributed by atoms with Gasteiger partial charge in [0.15, 0.2) is 11.5 Å². The number of methoxy groups -OCH3 is 2. The minimum atomic E-state index is -0.174. The number of fused-ring (bicyclic) bond motifs is 1. The Labute approximate surface area is 242 Å². The highest BCUT2D eigenvalue weighted by atomic mass is 35.5. The van der Waals surface area contributed by atoms with Crippen molar-refractivity contribution in [1.82, 2.24) is 4.90 Å². The van der Waals surface area contributed by atoms with Gasteiger partial charge in [-0.2, -0.15) is 0 Å². The molecule has 0 aliphatic carbocycles. The van der Waals surface area contributed by atoms with Crippen LogP contribution in [-0.4, -0.2) is 50.3 Å². The number of halogens is 1. The van der Waals surface area contributed by atoms with Crippen molar-refractivity contribution in [1.29, 1.82) is 0 Å². The van der Waals surface area contributed by atoms with E-state index in [0.29, 0.717) is 0 Å². The maximum atomic E-state index is 12.3. The summed E-state index contributed by atoms with van der Waals surface area (Å²) in [6.07, 6.45) is 2.78. The highest BCUT2D eigenvalue weighted by Gasteiger charge is 2.35. The van der Waals surface area contributed by atoms with E-state index < -0.39 is 0 Å². The Morgan fingerprint density at radius 2 is 1.68 bits per heavy atom. The summed E-state index contributed by atoms with van der Waals surface area (Å²) in [6, 6.07) is 21.2. The molecule has 0 bridgehead atoms. The Bertz CT molecular complexity index is 1330. The normalized spacial score (nSPS) is 19.8. The number of carbonyl (C=O) groups excluding carboxylic acids is 1. The maximum Gasteiger partial charge on any atom is 0.323 e. The van der Waals surface area contributed by atoms with Gasteiger partial charge in [0.25, 0.3) is 0 Å². The predicted octanol–water partition coefficient (Wildman–Crippen LogP) is 6.99. The van der Waals surface area contributed by atoms with Crippen LogP contribution in [0.15, 0.2) is 60.7 Å². The van der Waals surface area contributed by atoms with Gasteiger partial charge in [-0.25, -0.2) is 0 Å². The van der Waals surface area contributed by atoms with Gasteiger partial charge in [0.05, 0.1) is 26.4 Å². The van der Waals surface area contributed by atoms with Crippen LogP contribution in [0.3, 0.4) is 0 Å². The molecule has 7 heteroatoms. The molecular weight excluding hydrogens is 524 g/mol. The average molecular weight is 563 g/mol. The molecule has 6 nitrogen and oxygen atoms in total. The number of likely N-dealkylation sites (tertiary alicyclic amines) is 1. The van der Waals surface area contributed by atoms with Crippen LogP contribution >= 0.6 is 11.6 Å². The topological polar surface area (TPSA) is 51.2 Å². The molecule has 212 valence electrons. The molecule has 3 atom stereocenters. The van der Waals surface area contributed by atoms with Crippen LogP contribution in [-0.2, 0) is 16.0 Å². The van der Waals surface area contributed by atoms with E-state index in [4.69, 9.17) is 25.8 Å². The molecule has 0 amide bonds. The summed E-state index contributed by atoms with van der Waals surface area (Å²) in [4.78, 5) is 17.1. The third-order valence-corrected chi connectivity index (χ3v) is 8.43. The van der Waals surface area contributed by atoms with E-state index >= 15 is 0 Å². The standard InChI is InChI=1S/C33H39ClN2O4/c1-21(2)40-31-20-28-25(19-30(31)38-4)16-18-36(32(28)24-8-12-26(34)13-9-24)27-14-10-23(11-15-27)22(3)35-17-6-7-29(35)33(37)39-5/h8-15,19-22,29,32H,6-7,16-18H2,1-5H3/t22-,29-,32-/m0/s1. The molecule has 2 aliphatic heterocycles. The van der Waals surface area contributed by atoms with Crippen LogP contribution < -0.4 is 14.4 Å². The molecule has 0 unspecified atom stereocenters. The number of carbonyl (C=O) groups is 1. The van der Waals surface area contributed by atoms with E-state index in [2.05, 4.69) is 65.3 Å². The van der Waals surface area contributed by atoms with Crippen LogP contribution in [0.5, 0.6) is 11.5 Å². The Kier molecular flexibility index (Phi) is 8.57. The van der Waals surface area contributed by atoms with Gasteiger partial charge in [0, 0.05) is 23.3 Å². The monoisotopic (exact) mass is 562 g/mol. The van der Waals surface area contributed by atoms with Crippen LogP contribution in [0.4, 0.5) is 5.69 Å². The molecule has 0 spiro atoms. The molecular formula is C33H39ClN2O4. The van der Waals surface area contributed by atoms with Gasteiger partial charge < -0.3 is 19.1 Å². The van der Waals surface area contributed by atoms with E-state index in [1.54, 1.807) is 7.11 Å². The molecule has 40 heavy (non-hydrogen) atoms. The first-order valence-electron chi connectivity index (χ1n) is 14.1. The second kappa shape index (κ2) is 12.1. The Morgan fingerprint density at radius 1 is 0.950 bits per heavy atom. The first-order chi connectivity index (χ1) is 19.3. The number of hydrogen-bond acceptors (Lipinski definition) is 6. The fourth-order valence-corrected chi connectivity index (χ4v) is 6.32. The second-order valence-corrected chi connectivity index (χ2v) is 11.4. The molecule has 1 saturated heterocycles. The lowest BCUT2D eigenvalue weighted by Gasteiger charge is -2.40. The minimum Gasteiger partial charge on any atom is -0.493 e. The van der Waals surface area contributed by atoms with Crippen molar-refractivity contribution in [2.45, 2.75) is 64.3 Å². The van der Waals surface area contributed by atoms with E-state index in [0.717, 1.165) is 54.6 Å². The summed E-state index contributed by atoms with van der Waals surface area (Å²) >= 11 is 6.28. The molecule has 0 saturated carbocycles. The first kappa shape index (κ1) is 28.3. The smallest absolute Gasteiger partial charge is 0.323 e. The zero-order valence-corrected chi connectivity index (χ0v) is 24.8. The lowest BCUT2D eigenvalue weighted by Crippen LogP contribution is -2.38. The zero-order chi connectivity index (χ0) is 28.4. The highest BCUT2D eigenvalue weighted by Crippen LogP contribution is 2.43. The van der Waals surface area contributed by atoms with Gasteiger partial charge >= 0.3 is 5.97 Å². The van der Waals surface area contributed by atoms with Crippen LogP contribution in [0, 0.1) is 0 Å². The van der Waals surface area contributed by atoms with E-state index in [-0.39, 0.29) is 30.2 Å². The Balaban J connectivity index is 1.50. The van der Waals surface area contributed by atoms with Crippen molar-refractivity contribution in [3.05, 3.63) is 87.9 Å². The van der Waals surface area contributed by atoms with Gasteiger partial charge in [-0.3, -0.25) is 9.69 Å². The van der Waals surface area contributed by atoms with Crippen LogP contribution in [0.1, 0.15) is 68.0 Å². The fraction of sp³-hybridized carbons (Fsp3) is 0.424. The van der Waals surface area contributed by atoms with Crippen molar-refractivity contribution in [3.63, 3.8) is 0 Å². The van der Waals surface area contributed by atoms with Gasteiger partial charge in [0.2, 0.25) is 0 Å². The number of benzene rings is 3. The third-order valence-electron chi connectivity index (χ3n) is 8.17. The summed E-state index contributed by atoms with van der Waals surface area (Å²) in [5, 5.41) is 0.718. The number of anilines is 1. The molecule has 0 radical (unpaired) electrons. The van der Waals surface area contributed by atoms with Crippen LogP contribution in [0.25, 0.3) is 0 Å². The Morgan fingerprint density at radius 3 is 2.33 bits per heavy atom. The molecule has 0 N–H and O–H groups in total. The summed E-state index contributed by atoms with van der Waals surface area (Å²) in [5.74, 6) is 1.38. The molecule has 2 heterocycles. The lowest BCUT2D eigenvalue weighted by atomic mass is 9.87. The molecule has 5 rings (SSSR count). The number of esters is 1. The van der Waals surface area contributed by atoms with Gasteiger partial charge in [-0.1, -0.05) is 35.9 Å². The van der Waals surface area contributed by atoms with Gasteiger partial charge in [-0.05, 0) is 105 Å². The van der Waals surface area contributed by atoms with Crippen molar-refractivity contribution >= 4 is 23.3 Å². The molecule has 3 aromatic carbocycles. The van der Waals surface area contributed by atoms with E-state index in [9.17, 15) is 4.79 Å². The second-order valence-electron chi connectivity index (χ2n) is 11.0. The van der Waals surface area contributed by atoms with E-state index in [1.807, 2.05) is 26.0 Å². The SMILES string of the molecule is COC(=O)[C@@H]1CCCN1[C@@H](C)c1ccc(N2CCc3cc(OC)c(OC(C)C)cc3[C@@H]2c2ccc(Cl)cc2)cc1. The van der Waals surface area contributed by atoms with Crippen molar-refractivity contribution in [3.8, 4) is 11.5 Å². The third kappa shape index (κ3) is 5.65. The van der Waals surface area contributed by atoms with Crippen molar-refractivity contribution < 1.29 is 19.0 Å². The highest BCUT2D eigenvalue weighted by molar-refractivity contribution is 6.30. The summed E-state index contributed by atoms with van der Waals surface area (Å²) in [7, 11) is 3.17. The average Bonchev–Trinajstić information content (AvgIpc) is 3.46. The van der Waals surface area contributed by atoms with Gasteiger partial charge in [-0.15, -0.1) is 0 Å². The Hall–Kier alpha value is -3.22. The van der Waals surface area contributed by atoms with Crippen LogP contribution in [0.2, 0.25) is 5.02 Å². The maximum absolute atomic E-state index is 12.3. The summed E-state index contributed by atoms with van der Waals surface area (Å²) in [6.45, 7) is 7.99. The fourth-order valence-electron chi connectivity index (χ4n) is 6.19. The molecule has 1 fully saturated rings. The predicted molar refractivity (Wildman–Crippen MR) is 160 cm³/mol.